The largest absolute Gasteiger partial charge is 0.417 e. The molecule has 1 N–H and O–H groups in total. The molecule has 0 saturated heterocycles. The topological polar surface area (TPSA) is 81.5 Å². The fraction of sp³-hybridized carbons (Fsp3) is 0.235. The van der Waals surface area contributed by atoms with Gasteiger partial charge in [0.25, 0.3) is 5.69 Å². The maximum absolute atomic E-state index is 15.1. The number of nitro benzene ring substituents is 1. The monoisotopic (exact) mass is 436 g/mol. The predicted octanol–water partition coefficient (Wildman–Crippen LogP) is 4.14. The Labute approximate surface area is 167 Å². The number of hydrogen-bond donors (Lipinski definition) is 1. The highest BCUT2D eigenvalue weighted by Crippen LogP contribution is 2.42. The van der Waals surface area contributed by atoms with E-state index in [1.807, 2.05) is 0 Å². The van der Waals surface area contributed by atoms with Gasteiger partial charge in [0.1, 0.15) is 19.7 Å². The second kappa shape index (κ2) is 7.93. The highest BCUT2D eigenvalue weighted by atomic mass is 35.5. The Hall–Kier alpha value is -2.76. The van der Waals surface area contributed by atoms with Gasteiger partial charge in [-0.05, 0) is 12.1 Å². The van der Waals surface area contributed by atoms with Gasteiger partial charge in [0, 0.05) is 13.1 Å². The average Bonchev–Trinajstić information content (AvgIpc) is 2.63. The zero-order chi connectivity index (χ0) is 22.1. The van der Waals surface area contributed by atoms with Gasteiger partial charge in [-0.15, -0.1) is 5.43 Å². The van der Waals surface area contributed by atoms with Crippen molar-refractivity contribution in [3.63, 3.8) is 0 Å². The van der Waals surface area contributed by atoms with Crippen molar-refractivity contribution < 1.29 is 36.9 Å². The standard InChI is InChI=1S/C17H15ClF4N3O4/c1-23-25(2,3)29-16-11(18)8-10(17(20,21)22)13(14(16)19)15(26)9-6-4-5-7-12(9)24(27)28/h4-8,23H,1-3H3/q+1. The van der Waals surface area contributed by atoms with Crippen LogP contribution in [0.5, 0.6) is 5.75 Å². The molecule has 0 aliphatic rings. The molecule has 12 heteroatoms. The van der Waals surface area contributed by atoms with E-state index in [4.69, 9.17) is 16.4 Å². The minimum absolute atomic E-state index is 0.345. The Morgan fingerprint density at radius 3 is 2.38 bits per heavy atom. The molecule has 0 unspecified atom stereocenters. The summed E-state index contributed by atoms with van der Waals surface area (Å²) in [5.41, 5.74) is -2.00. The number of benzene rings is 2. The molecule has 0 heterocycles. The number of hydroxylamine groups is 2. The Morgan fingerprint density at radius 2 is 1.86 bits per heavy atom. The van der Waals surface area contributed by atoms with E-state index in [0.717, 1.165) is 12.1 Å². The number of halogens is 5. The smallest absolute Gasteiger partial charge is 0.290 e. The first-order valence-electron chi connectivity index (χ1n) is 7.90. The lowest BCUT2D eigenvalue weighted by Gasteiger charge is -2.26. The quantitative estimate of drug-likeness (QED) is 0.242. The van der Waals surface area contributed by atoms with Crippen LogP contribution in [0.3, 0.4) is 0 Å². The number of rotatable bonds is 6. The number of nitrogens with one attached hydrogen (secondary N) is 1. The Bertz CT molecular complexity index is 980. The van der Waals surface area contributed by atoms with E-state index >= 15 is 4.39 Å². The van der Waals surface area contributed by atoms with Crippen molar-refractivity contribution >= 4 is 23.1 Å². The first-order chi connectivity index (χ1) is 13.3. The summed E-state index contributed by atoms with van der Waals surface area (Å²) in [7, 11) is 4.20. The number of carbonyl (C=O) groups excluding carboxylic acids is 1. The molecule has 0 aromatic heterocycles. The zero-order valence-electron chi connectivity index (χ0n) is 15.3. The van der Waals surface area contributed by atoms with Crippen LogP contribution >= 0.6 is 11.6 Å². The molecular weight excluding hydrogens is 422 g/mol. The SMILES string of the molecule is CN[N+](C)(C)Oc1c(Cl)cc(C(F)(F)F)c(C(=O)c2ccccc2[N+](=O)[O-])c1F. The van der Waals surface area contributed by atoms with Crippen LogP contribution in [0.25, 0.3) is 0 Å². The molecule has 156 valence electrons. The third-order valence-electron chi connectivity index (χ3n) is 3.91. The summed E-state index contributed by atoms with van der Waals surface area (Å²) in [4.78, 5) is 28.2. The number of quaternary nitrogens is 1. The van der Waals surface area contributed by atoms with Gasteiger partial charge < -0.3 is 0 Å². The normalized spacial score (nSPS) is 12.0. The van der Waals surface area contributed by atoms with Crippen LogP contribution < -0.4 is 10.3 Å². The van der Waals surface area contributed by atoms with Crippen LogP contribution in [0.1, 0.15) is 21.5 Å². The van der Waals surface area contributed by atoms with Crippen LogP contribution in [0.4, 0.5) is 23.2 Å². The highest BCUT2D eigenvalue weighted by Gasteiger charge is 2.41. The number of hydrogen-bond acceptors (Lipinski definition) is 5. The van der Waals surface area contributed by atoms with Crippen LogP contribution in [-0.2, 0) is 6.18 Å². The fourth-order valence-electron chi connectivity index (χ4n) is 2.36. The molecule has 29 heavy (non-hydrogen) atoms. The van der Waals surface area contributed by atoms with Gasteiger partial charge in [-0.2, -0.15) is 13.2 Å². The summed E-state index contributed by atoms with van der Waals surface area (Å²) in [6, 6.07) is 4.63. The summed E-state index contributed by atoms with van der Waals surface area (Å²) >= 11 is 5.79. The molecule has 0 aliphatic heterocycles. The molecule has 0 radical (unpaired) electrons. The van der Waals surface area contributed by atoms with Crippen LogP contribution in [0.15, 0.2) is 30.3 Å². The van der Waals surface area contributed by atoms with Gasteiger partial charge in [-0.25, -0.2) is 4.39 Å². The molecule has 0 aliphatic carbocycles. The third-order valence-corrected chi connectivity index (χ3v) is 4.19. The maximum atomic E-state index is 15.1. The van der Waals surface area contributed by atoms with E-state index in [0.29, 0.717) is 6.07 Å². The summed E-state index contributed by atoms with van der Waals surface area (Å²) in [6.07, 6.45) is -5.16. The third kappa shape index (κ3) is 4.63. The van der Waals surface area contributed by atoms with E-state index in [1.54, 1.807) is 0 Å². The molecule has 2 rings (SSSR count). The van der Waals surface area contributed by atoms with Crippen molar-refractivity contribution in [3.8, 4) is 5.75 Å². The van der Waals surface area contributed by atoms with Crippen LogP contribution in [0.2, 0.25) is 5.02 Å². The lowest BCUT2D eigenvalue weighted by atomic mass is 9.96. The molecule has 7 nitrogen and oxygen atoms in total. The van der Waals surface area contributed by atoms with E-state index < -0.39 is 60.6 Å². The van der Waals surface area contributed by atoms with Gasteiger partial charge >= 0.3 is 6.18 Å². The minimum atomic E-state index is -5.16. The van der Waals surface area contributed by atoms with Crippen LogP contribution in [0, 0.1) is 15.9 Å². The van der Waals surface area contributed by atoms with Crippen molar-refractivity contribution in [3.05, 3.63) is 68.0 Å². The van der Waals surface area contributed by atoms with Crippen molar-refractivity contribution in [2.24, 2.45) is 0 Å². The number of para-hydroxylation sites is 1. The Kier molecular flexibility index (Phi) is 6.16. The molecule has 0 spiro atoms. The van der Waals surface area contributed by atoms with Crippen molar-refractivity contribution in [1.82, 2.24) is 5.43 Å². The lowest BCUT2D eigenvalue weighted by Crippen LogP contribution is -2.52. The summed E-state index contributed by atoms with van der Waals surface area (Å²) in [6.45, 7) is 0. The number of carbonyl (C=O) groups is 1. The lowest BCUT2D eigenvalue weighted by molar-refractivity contribution is -1.08. The molecule has 0 amide bonds. The fourth-order valence-corrected chi connectivity index (χ4v) is 2.59. The first kappa shape index (κ1) is 22.5. The molecule has 0 atom stereocenters. The molecule has 2 aromatic carbocycles. The van der Waals surface area contributed by atoms with E-state index in [1.165, 1.54) is 33.3 Å². The summed E-state index contributed by atoms with van der Waals surface area (Å²) in [5.74, 6) is -4.03. The predicted molar refractivity (Wildman–Crippen MR) is 94.7 cm³/mol. The van der Waals surface area contributed by atoms with Crippen molar-refractivity contribution in [2.75, 3.05) is 21.1 Å². The average molecular weight is 437 g/mol. The zero-order valence-corrected chi connectivity index (χ0v) is 16.1. The second-order valence-corrected chi connectivity index (χ2v) is 6.60. The maximum Gasteiger partial charge on any atom is 0.417 e. The van der Waals surface area contributed by atoms with Gasteiger partial charge in [-0.3, -0.25) is 19.7 Å². The highest BCUT2D eigenvalue weighted by molar-refractivity contribution is 6.32. The number of nitro groups is 1. The van der Waals surface area contributed by atoms with Gasteiger partial charge in [0.05, 0.1) is 21.1 Å². The Balaban J connectivity index is 2.81. The van der Waals surface area contributed by atoms with E-state index in [9.17, 15) is 28.1 Å². The number of nitrogens with zero attached hydrogens (tertiary/aromatic N) is 2. The second-order valence-electron chi connectivity index (χ2n) is 6.19. The molecule has 2 aromatic rings. The van der Waals surface area contributed by atoms with Gasteiger partial charge in [0.2, 0.25) is 11.5 Å². The molecule has 0 saturated carbocycles. The summed E-state index contributed by atoms with van der Waals surface area (Å²) in [5, 5.41) is 10.4. The van der Waals surface area contributed by atoms with E-state index in [-0.39, 0.29) is 0 Å². The summed E-state index contributed by atoms with van der Waals surface area (Å²) < 4.78 is 55.1. The van der Waals surface area contributed by atoms with Gasteiger partial charge in [0.15, 0.2) is 5.82 Å². The van der Waals surface area contributed by atoms with Crippen LogP contribution in [-0.4, -0.2) is 36.6 Å². The molecular formula is C17H15ClF4N3O4+. The number of alkyl halides is 3. The van der Waals surface area contributed by atoms with Gasteiger partial charge in [-0.1, -0.05) is 28.5 Å². The first-order valence-corrected chi connectivity index (χ1v) is 8.28. The van der Waals surface area contributed by atoms with Crippen molar-refractivity contribution in [2.45, 2.75) is 6.18 Å². The Morgan fingerprint density at radius 1 is 1.28 bits per heavy atom. The van der Waals surface area contributed by atoms with E-state index in [2.05, 4.69) is 5.43 Å². The molecule has 0 bridgehead atoms. The number of ketones is 1. The van der Waals surface area contributed by atoms with Crippen molar-refractivity contribution in [1.29, 1.82) is 0 Å². The molecule has 0 fully saturated rings. The minimum Gasteiger partial charge on any atom is -0.290 e.